The number of imidazole rings is 1. The van der Waals surface area contributed by atoms with Crippen LogP contribution < -0.4 is 0 Å². The molecule has 6 aromatic carbocycles. The highest BCUT2D eigenvalue weighted by molar-refractivity contribution is 6.20. The zero-order valence-electron chi connectivity index (χ0n) is 25.2. The molecule has 0 saturated carbocycles. The van der Waals surface area contributed by atoms with Crippen LogP contribution in [-0.4, -0.2) is 23.5 Å². The van der Waals surface area contributed by atoms with Crippen molar-refractivity contribution in [2.24, 2.45) is 0 Å². The molecule has 5 heterocycles. The van der Waals surface area contributed by atoms with E-state index in [2.05, 4.69) is 165 Å². The van der Waals surface area contributed by atoms with E-state index in [-0.39, 0.29) is 0 Å². The van der Waals surface area contributed by atoms with Crippen molar-refractivity contribution in [2.45, 2.75) is 0 Å². The van der Waals surface area contributed by atoms with Gasteiger partial charge >= 0.3 is 0 Å². The predicted octanol–water partition coefficient (Wildman–Crippen LogP) is 10.4. The normalized spacial score (nSPS) is 12.3. The summed E-state index contributed by atoms with van der Waals surface area (Å²) in [5, 5.41) is 8.36. The second kappa shape index (κ2) is 9.05. The molecule has 5 heteroatoms. The van der Waals surface area contributed by atoms with Crippen LogP contribution in [0.2, 0.25) is 0 Å². The molecular formula is C42H25N5. The minimum absolute atomic E-state index is 0.856. The third-order valence-corrected chi connectivity index (χ3v) is 9.82. The summed E-state index contributed by atoms with van der Waals surface area (Å²) < 4.78 is 6.92. The van der Waals surface area contributed by atoms with Gasteiger partial charge in [-0.3, -0.25) is 13.5 Å². The predicted molar refractivity (Wildman–Crippen MR) is 194 cm³/mol. The average molecular weight is 600 g/mol. The van der Waals surface area contributed by atoms with Crippen LogP contribution in [0.15, 0.2) is 152 Å². The molecule has 0 atom stereocenters. The fourth-order valence-corrected chi connectivity index (χ4v) is 7.89. The lowest BCUT2D eigenvalue weighted by Gasteiger charge is -2.11. The lowest BCUT2D eigenvalue weighted by atomic mass is 10.1. The molecule has 0 aliphatic heterocycles. The van der Waals surface area contributed by atoms with Crippen molar-refractivity contribution < 1.29 is 0 Å². The highest BCUT2D eigenvalue weighted by Crippen LogP contribution is 2.39. The van der Waals surface area contributed by atoms with Crippen molar-refractivity contribution in [3.8, 4) is 11.6 Å². The van der Waals surface area contributed by atoms with E-state index in [1.807, 2.05) is 0 Å². The van der Waals surface area contributed by atoms with Gasteiger partial charge in [-0.2, -0.15) is 0 Å². The van der Waals surface area contributed by atoms with E-state index in [9.17, 15) is 0 Å². The first kappa shape index (κ1) is 24.8. The summed E-state index contributed by atoms with van der Waals surface area (Å²) in [6.07, 6.45) is 0. The molecule has 0 aliphatic carbocycles. The molecule has 0 unspecified atom stereocenters. The minimum Gasteiger partial charge on any atom is -0.294 e. The number of benzene rings is 6. The Morgan fingerprint density at radius 3 is 1.47 bits per heavy atom. The summed E-state index contributed by atoms with van der Waals surface area (Å²) >= 11 is 0. The molecule has 218 valence electrons. The van der Waals surface area contributed by atoms with E-state index in [1.54, 1.807) is 0 Å². The second-order valence-electron chi connectivity index (χ2n) is 12.2. The summed E-state index contributed by atoms with van der Waals surface area (Å²) in [5.41, 5.74) is 8.61. The summed E-state index contributed by atoms with van der Waals surface area (Å²) in [6, 6.07) is 53.8. The van der Waals surface area contributed by atoms with Crippen LogP contribution in [0.4, 0.5) is 0 Å². The molecular weight excluding hydrogens is 574 g/mol. The number of nitrogens with zero attached hydrogens (tertiary/aromatic N) is 5. The molecule has 0 spiro atoms. The summed E-state index contributed by atoms with van der Waals surface area (Å²) in [7, 11) is 0. The number of aromatic nitrogens is 5. The van der Waals surface area contributed by atoms with Crippen LogP contribution in [0.3, 0.4) is 0 Å². The van der Waals surface area contributed by atoms with Crippen LogP contribution in [-0.2, 0) is 0 Å². The monoisotopic (exact) mass is 599 g/mol. The summed E-state index contributed by atoms with van der Waals surface area (Å²) in [4.78, 5) is 10.9. The maximum atomic E-state index is 5.47. The quantitative estimate of drug-likeness (QED) is 0.186. The summed E-state index contributed by atoms with van der Waals surface area (Å²) in [5.74, 6) is 1.74. The van der Waals surface area contributed by atoms with Crippen molar-refractivity contribution in [1.82, 2.24) is 23.5 Å². The topological polar surface area (TPSA) is 40.0 Å². The molecule has 0 aliphatic rings. The first-order chi connectivity index (χ1) is 23.3. The van der Waals surface area contributed by atoms with E-state index >= 15 is 0 Å². The van der Waals surface area contributed by atoms with Gasteiger partial charge in [0.05, 0.1) is 33.1 Å². The lowest BCUT2D eigenvalue weighted by Crippen LogP contribution is -2.03. The fraction of sp³-hybridized carbons (Fsp3) is 0. The minimum atomic E-state index is 0.856. The number of hydrogen-bond donors (Lipinski definition) is 0. The van der Waals surface area contributed by atoms with E-state index in [4.69, 9.17) is 9.97 Å². The molecule has 0 radical (unpaired) electrons. The molecule has 0 amide bonds. The van der Waals surface area contributed by atoms with Crippen LogP contribution in [0.25, 0.3) is 93.6 Å². The lowest BCUT2D eigenvalue weighted by molar-refractivity contribution is 1.01. The van der Waals surface area contributed by atoms with Gasteiger partial charge in [-0.05, 0) is 53.9 Å². The van der Waals surface area contributed by atoms with Crippen LogP contribution in [0.1, 0.15) is 0 Å². The molecule has 11 rings (SSSR count). The Morgan fingerprint density at radius 1 is 0.319 bits per heavy atom. The van der Waals surface area contributed by atoms with Gasteiger partial charge in [0, 0.05) is 32.3 Å². The zero-order valence-corrected chi connectivity index (χ0v) is 25.2. The molecule has 47 heavy (non-hydrogen) atoms. The molecule has 0 bridgehead atoms. The second-order valence-corrected chi connectivity index (χ2v) is 12.2. The van der Waals surface area contributed by atoms with Gasteiger partial charge in [-0.25, -0.2) is 9.97 Å². The number of rotatable bonds is 2. The first-order valence-electron chi connectivity index (χ1n) is 15.9. The Labute approximate surface area is 268 Å². The van der Waals surface area contributed by atoms with Crippen molar-refractivity contribution in [3.63, 3.8) is 0 Å². The molecule has 5 aromatic heterocycles. The largest absolute Gasteiger partial charge is 0.294 e. The Hall–Kier alpha value is -6.46. The Bertz CT molecular complexity index is 3030. The average Bonchev–Trinajstić information content (AvgIpc) is 3.80. The smallest absolute Gasteiger partial charge is 0.146 e. The maximum absolute atomic E-state index is 5.47. The van der Waals surface area contributed by atoms with Gasteiger partial charge in [-0.1, -0.05) is 103 Å². The number of pyridine rings is 2. The van der Waals surface area contributed by atoms with E-state index < -0.39 is 0 Å². The number of hydrogen-bond acceptors (Lipinski definition) is 2. The van der Waals surface area contributed by atoms with E-state index in [1.165, 1.54) is 26.9 Å². The molecule has 0 saturated heterocycles. The molecule has 11 aromatic rings. The van der Waals surface area contributed by atoms with Crippen molar-refractivity contribution >= 4 is 82.0 Å². The van der Waals surface area contributed by atoms with E-state index in [0.29, 0.717) is 0 Å². The van der Waals surface area contributed by atoms with Gasteiger partial charge in [-0.15, -0.1) is 0 Å². The third-order valence-electron chi connectivity index (χ3n) is 9.82. The number of para-hydroxylation sites is 4. The first-order valence-corrected chi connectivity index (χ1v) is 15.9. The summed E-state index contributed by atoms with van der Waals surface area (Å²) in [6.45, 7) is 0. The Morgan fingerprint density at radius 2 is 0.809 bits per heavy atom. The third kappa shape index (κ3) is 3.22. The van der Waals surface area contributed by atoms with Crippen molar-refractivity contribution in [2.75, 3.05) is 0 Å². The van der Waals surface area contributed by atoms with Gasteiger partial charge < -0.3 is 0 Å². The van der Waals surface area contributed by atoms with Gasteiger partial charge in [0.25, 0.3) is 0 Å². The van der Waals surface area contributed by atoms with Gasteiger partial charge in [0.2, 0.25) is 0 Å². The highest BCUT2D eigenvalue weighted by atomic mass is 15.1. The Balaban J connectivity index is 1.28. The molecule has 0 N–H and O–H groups in total. The van der Waals surface area contributed by atoms with Crippen molar-refractivity contribution in [1.29, 1.82) is 0 Å². The van der Waals surface area contributed by atoms with Crippen LogP contribution >= 0.6 is 0 Å². The number of fused-ring (bicyclic) bond motifs is 15. The van der Waals surface area contributed by atoms with Crippen LogP contribution in [0, 0.1) is 0 Å². The van der Waals surface area contributed by atoms with Gasteiger partial charge in [0.15, 0.2) is 0 Å². The van der Waals surface area contributed by atoms with Crippen LogP contribution in [0.5, 0.6) is 0 Å². The fourth-order valence-electron chi connectivity index (χ4n) is 7.89. The van der Waals surface area contributed by atoms with E-state index in [0.717, 1.165) is 66.7 Å². The standard InChI is InChI=1S/C42H25N5/c1-2-17-32-26(12-1)27-13-3-9-20-35(27)46-37-25-24-31-30-16-6-10-21-36(30)47(41(31)40(37)44-42(32)46)39-23-11-22-38(43-39)45-33-18-7-4-14-28(33)29-15-5-8-19-34(29)45/h1-25H. The molecule has 0 fully saturated rings. The maximum Gasteiger partial charge on any atom is 0.146 e. The SMILES string of the molecule is c1cc(-n2c3ccccc3c3ccccc32)nc(-n2c3ccccc3c3ccc4c(nc5c6ccccc6c6ccccc6n45)c32)c1. The highest BCUT2D eigenvalue weighted by Gasteiger charge is 2.21. The molecule has 5 nitrogen and oxygen atoms in total. The Kier molecular flexibility index (Phi) is 4.78. The van der Waals surface area contributed by atoms with Gasteiger partial charge in [0.1, 0.15) is 22.8 Å². The van der Waals surface area contributed by atoms with Crippen molar-refractivity contribution in [3.05, 3.63) is 152 Å². The zero-order chi connectivity index (χ0) is 30.6.